The highest BCUT2D eigenvalue weighted by Gasteiger charge is 2.57. The zero-order chi connectivity index (χ0) is 45.9. The van der Waals surface area contributed by atoms with Gasteiger partial charge in [-0.15, -0.1) is 0 Å². The van der Waals surface area contributed by atoms with Crippen LogP contribution in [0.2, 0.25) is 0 Å². The molecule has 2 heterocycles. The number of benzene rings is 4. The molecule has 19 nitrogen and oxygen atoms in total. The van der Waals surface area contributed by atoms with Crippen LogP contribution in [0.1, 0.15) is 58.8 Å². The summed E-state index contributed by atoms with van der Waals surface area (Å²) in [6.45, 7) is 4.29. The number of hydrogen-bond acceptors (Lipinski definition) is 17. The second kappa shape index (κ2) is 21.2. The minimum atomic E-state index is -1.78. The molecule has 64 heavy (non-hydrogen) atoms. The van der Waals surface area contributed by atoms with Crippen molar-refractivity contribution in [2.45, 2.75) is 89.0 Å². The van der Waals surface area contributed by atoms with Gasteiger partial charge in [-0.3, -0.25) is 24.5 Å². The Hall–Kier alpha value is -7.22. The predicted molar refractivity (Wildman–Crippen MR) is 218 cm³/mol. The van der Waals surface area contributed by atoms with E-state index in [0.717, 1.165) is 13.8 Å². The lowest BCUT2D eigenvalue weighted by atomic mass is 9.94. The number of carbonyl (C=O) groups excluding carboxylic acids is 6. The van der Waals surface area contributed by atoms with Crippen molar-refractivity contribution in [1.82, 2.24) is 5.32 Å². The van der Waals surface area contributed by atoms with E-state index >= 15 is 0 Å². The molecule has 0 spiro atoms. The molecule has 2 aliphatic heterocycles. The minimum Gasteiger partial charge on any atom is -0.463 e. The first-order valence-corrected chi connectivity index (χ1v) is 19.9. The number of hydrogen-bond donors (Lipinski definition) is 1. The molecule has 2 saturated heterocycles. The zero-order valence-corrected chi connectivity index (χ0v) is 34.8. The minimum absolute atomic E-state index is 0.0367. The summed E-state index contributed by atoms with van der Waals surface area (Å²) in [4.78, 5) is 90.1. The van der Waals surface area contributed by atoms with Crippen LogP contribution in [-0.2, 0) is 52.3 Å². The SMILES string of the molecule is CC(=O)NC1C(Oc2ccc([N+](=O)[O-])cc2)OC(COC(C)=O)C(OC2OC(C)C(OC(=O)c3ccccc3)C(OC(=O)c3ccccc3)C2OC(=O)c2ccccc2)C1OC(C)=O. The van der Waals surface area contributed by atoms with Crippen molar-refractivity contribution in [1.29, 1.82) is 0 Å². The summed E-state index contributed by atoms with van der Waals surface area (Å²) in [6, 6.07) is 27.0. The molecule has 10 atom stereocenters. The molecule has 4 aromatic rings. The number of nitrogens with one attached hydrogen (secondary N) is 1. The Bertz CT molecular complexity index is 2280. The summed E-state index contributed by atoms with van der Waals surface area (Å²) in [6.07, 6.45) is -14.0. The van der Waals surface area contributed by atoms with Crippen LogP contribution >= 0.6 is 0 Å². The Morgan fingerprint density at radius 3 is 1.56 bits per heavy atom. The molecule has 0 aromatic heterocycles. The monoisotopic (exact) mass is 884 g/mol. The van der Waals surface area contributed by atoms with Gasteiger partial charge in [0.1, 0.15) is 30.6 Å². The van der Waals surface area contributed by atoms with E-state index in [1.54, 1.807) is 54.6 Å². The number of ether oxygens (including phenoxy) is 9. The summed E-state index contributed by atoms with van der Waals surface area (Å²) in [5, 5.41) is 14.0. The largest absolute Gasteiger partial charge is 0.463 e. The maximum atomic E-state index is 13.9. The number of nitro groups is 1. The average molecular weight is 885 g/mol. The molecular formula is C45H44N2O17. The molecular weight excluding hydrogens is 840 g/mol. The van der Waals surface area contributed by atoms with Crippen molar-refractivity contribution < 1.29 is 76.3 Å². The number of carbonyl (C=O) groups is 6. The Kier molecular flexibility index (Phi) is 15.4. The van der Waals surface area contributed by atoms with Crippen molar-refractivity contribution in [3.8, 4) is 5.75 Å². The fourth-order valence-electron chi connectivity index (χ4n) is 6.96. The first kappa shape index (κ1) is 46.3. The molecule has 10 unspecified atom stereocenters. The van der Waals surface area contributed by atoms with Gasteiger partial charge in [0.15, 0.2) is 30.7 Å². The zero-order valence-electron chi connectivity index (χ0n) is 34.8. The van der Waals surface area contributed by atoms with Crippen molar-refractivity contribution in [3.05, 3.63) is 142 Å². The Morgan fingerprint density at radius 1 is 0.594 bits per heavy atom. The highest BCUT2D eigenvalue weighted by Crippen LogP contribution is 2.36. The lowest BCUT2D eigenvalue weighted by Gasteiger charge is -2.49. The number of rotatable bonds is 15. The van der Waals surface area contributed by atoms with Gasteiger partial charge in [-0.1, -0.05) is 54.6 Å². The first-order valence-electron chi connectivity index (χ1n) is 19.9. The van der Waals surface area contributed by atoms with Crippen molar-refractivity contribution >= 4 is 41.4 Å². The van der Waals surface area contributed by atoms with Crippen LogP contribution < -0.4 is 10.1 Å². The van der Waals surface area contributed by atoms with Crippen LogP contribution in [0, 0.1) is 10.1 Å². The molecule has 0 radical (unpaired) electrons. The van der Waals surface area contributed by atoms with Crippen molar-refractivity contribution in [2.24, 2.45) is 0 Å². The summed E-state index contributed by atoms with van der Waals surface area (Å²) >= 11 is 0. The maximum Gasteiger partial charge on any atom is 0.338 e. The van der Waals surface area contributed by atoms with Gasteiger partial charge in [-0.2, -0.15) is 0 Å². The van der Waals surface area contributed by atoms with Gasteiger partial charge < -0.3 is 47.9 Å². The number of nitro benzene ring substituents is 1. The van der Waals surface area contributed by atoms with Crippen LogP contribution in [0.25, 0.3) is 0 Å². The van der Waals surface area contributed by atoms with E-state index in [1.807, 2.05) is 0 Å². The van der Waals surface area contributed by atoms with Crippen LogP contribution in [0.3, 0.4) is 0 Å². The summed E-state index contributed by atoms with van der Waals surface area (Å²) in [5.74, 6) is -4.90. The maximum absolute atomic E-state index is 13.9. The molecule has 6 rings (SSSR count). The molecule has 336 valence electrons. The topological polar surface area (TPSA) is 241 Å². The Morgan fingerprint density at radius 2 is 1.09 bits per heavy atom. The normalized spacial score (nSPS) is 25.1. The van der Waals surface area contributed by atoms with Gasteiger partial charge in [0, 0.05) is 32.9 Å². The van der Waals surface area contributed by atoms with E-state index in [2.05, 4.69) is 5.32 Å². The molecule has 0 aliphatic carbocycles. The van der Waals surface area contributed by atoms with Crippen molar-refractivity contribution in [3.63, 3.8) is 0 Å². The van der Waals surface area contributed by atoms with E-state index in [4.69, 9.17) is 42.6 Å². The lowest BCUT2D eigenvalue weighted by molar-refractivity contribution is -0.384. The molecule has 4 aromatic carbocycles. The van der Waals surface area contributed by atoms with Gasteiger partial charge >= 0.3 is 29.8 Å². The van der Waals surface area contributed by atoms with Gasteiger partial charge in [0.25, 0.3) is 5.69 Å². The highest BCUT2D eigenvalue weighted by molar-refractivity contribution is 5.91. The van der Waals surface area contributed by atoms with Crippen LogP contribution in [0.5, 0.6) is 5.75 Å². The van der Waals surface area contributed by atoms with Gasteiger partial charge in [0.05, 0.1) is 27.7 Å². The molecule has 1 amide bonds. The molecule has 1 N–H and O–H groups in total. The second-order valence-electron chi connectivity index (χ2n) is 14.5. The van der Waals surface area contributed by atoms with E-state index in [0.29, 0.717) is 0 Å². The third-order valence-corrected chi connectivity index (χ3v) is 9.85. The van der Waals surface area contributed by atoms with Crippen LogP contribution in [0.4, 0.5) is 5.69 Å². The standard InChI is InChI=1S/C45H44N2O17/c1-25-36(61-41(51)29-14-8-5-9-15-29)39(62-42(52)30-16-10-6-11-17-30)40(63-43(53)31-18-12-7-13-19-31)45(57-25)64-37-34(24-56-27(3)49)60-44(35(46-26(2)48)38(37)58-28(4)50)59-33-22-20-32(21-23-33)47(54)55/h5-23,25,34-40,44-45H,24H2,1-4H3,(H,46,48). The predicted octanol–water partition coefficient (Wildman–Crippen LogP) is 4.50. The quantitative estimate of drug-likeness (QED) is 0.0748. The summed E-state index contributed by atoms with van der Waals surface area (Å²) in [7, 11) is 0. The van der Waals surface area contributed by atoms with E-state index in [9.17, 15) is 38.9 Å². The Labute approximate surface area is 365 Å². The number of esters is 5. The smallest absolute Gasteiger partial charge is 0.338 e. The third kappa shape index (κ3) is 11.8. The summed E-state index contributed by atoms with van der Waals surface area (Å²) in [5.41, 5.74) is 0.0535. The molecule has 19 heteroatoms. The van der Waals surface area contributed by atoms with E-state index < -0.39 is 109 Å². The summed E-state index contributed by atoms with van der Waals surface area (Å²) < 4.78 is 54.6. The van der Waals surface area contributed by atoms with E-state index in [-0.39, 0.29) is 28.1 Å². The lowest BCUT2D eigenvalue weighted by Crippen LogP contribution is -2.69. The van der Waals surface area contributed by atoms with Gasteiger partial charge in [-0.25, -0.2) is 14.4 Å². The molecule has 2 fully saturated rings. The second-order valence-corrected chi connectivity index (χ2v) is 14.5. The molecule has 2 aliphatic rings. The van der Waals surface area contributed by atoms with Crippen LogP contribution in [0.15, 0.2) is 115 Å². The first-order chi connectivity index (χ1) is 30.7. The van der Waals surface area contributed by atoms with Gasteiger partial charge in [0.2, 0.25) is 12.2 Å². The fraction of sp³-hybridized carbons (Fsp3) is 0.333. The number of non-ortho nitro benzene ring substituents is 1. The third-order valence-electron chi connectivity index (χ3n) is 9.85. The average Bonchev–Trinajstić information content (AvgIpc) is 3.27. The van der Waals surface area contributed by atoms with E-state index in [1.165, 1.54) is 74.5 Å². The van der Waals surface area contributed by atoms with Crippen LogP contribution in [-0.4, -0.2) is 109 Å². The Balaban J connectivity index is 1.44. The number of nitrogens with zero attached hydrogens (tertiary/aromatic N) is 1. The molecule has 0 bridgehead atoms. The van der Waals surface area contributed by atoms with Crippen molar-refractivity contribution in [2.75, 3.05) is 6.61 Å². The molecule has 0 saturated carbocycles. The van der Waals surface area contributed by atoms with Gasteiger partial charge in [-0.05, 0) is 55.5 Å². The number of amides is 1. The fourth-order valence-corrected chi connectivity index (χ4v) is 6.96. The highest BCUT2D eigenvalue weighted by atomic mass is 16.8.